The zero-order valence-corrected chi connectivity index (χ0v) is 22.7. The largest absolute Gasteiger partial charge is 0.492 e. The standard InChI is InChI=1S/C33H38O4/c1-6-27(14-12-25-13-17-30(23(2)18-25)36-22-33(4,5)24(3)34)31-19-28-15-16-29(20-32(28)37-31)35-21-26-10-8-7-9-11-26/h7-11,13,15-20,27H,6,12,14,21-22H2,1-5H3. The Hall–Kier alpha value is -3.53. The van der Waals surface area contributed by atoms with E-state index in [9.17, 15) is 4.79 Å². The number of aryl methyl sites for hydroxylation is 2. The van der Waals surface area contributed by atoms with Gasteiger partial charge in [-0.2, -0.15) is 0 Å². The fourth-order valence-electron chi connectivity index (χ4n) is 4.34. The smallest absolute Gasteiger partial charge is 0.138 e. The Balaban J connectivity index is 1.37. The van der Waals surface area contributed by atoms with E-state index in [0.29, 0.717) is 19.1 Å². The van der Waals surface area contributed by atoms with Crippen molar-refractivity contribution in [2.45, 2.75) is 66.4 Å². The number of Topliss-reactive ketones (excluding diaryl/α,β-unsaturated/α-hetero) is 1. The van der Waals surface area contributed by atoms with Crippen molar-refractivity contribution in [1.29, 1.82) is 0 Å². The zero-order valence-electron chi connectivity index (χ0n) is 22.7. The molecule has 1 aromatic heterocycles. The highest BCUT2D eigenvalue weighted by Crippen LogP contribution is 2.33. The van der Waals surface area contributed by atoms with Crippen LogP contribution in [0.3, 0.4) is 0 Å². The first-order valence-electron chi connectivity index (χ1n) is 13.2. The van der Waals surface area contributed by atoms with Crippen molar-refractivity contribution in [2.75, 3.05) is 6.61 Å². The van der Waals surface area contributed by atoms with Crippen molar-refractivity contribution in [1.82, 2.24) is 0 Å². The molecule has 1 atom stereocenters. The molecule has 4 nitrogen and oxygen atoms in total. The maximum absolute atomic E-state index is 11.8. The highest BCUT2D eigenvalue weighted by atomic mass is 16.5. The third-order valence-corrected chi connectivity index (χ3v) is 7.22. The molecule has 0 fully saturated rings. The lowest BCUT2D eigenvalue weighted by atomic mass is 9.90. The van der Waals surface area contributed by atoms with Crippen LogP contribution in [0.2, 0.25) is 0 Å². The molecule has 0 spiro atoms. The number of ether oxygens (including phenoxy) is 2. The number of hydrogen-bond acceptors (Lipinski definition) is 4. The van der Waals surface area contributed by atoms with Crippen molar-refractivity contribution >= 4 is 16.8 Å². The van der Waals surface area contributed by atoms with Crippen LogP contribution >= 0.6 is 0 Å². The molecule has 4 aromatic rings. The summed E-state index contributed by atoms with van der Waals surface area (Å²) in [7, 11) is 0. The monoisotopic (exact) mass is 498 g/mol. The third kappa shape index (κ3) is 6.82. The van der Waals surface area contributed by atoms with E-state index >= 15 is 0 Å². The molecule has 0 saturated carbocycles. The van der Waals surface area contributed by atoms with Crippen LogP contribution in [0.1, 0.15) is 68.9 Å². The quantitative estimate of drug-likeness (QED) is 0.197. The van der Waals surface area contributed by atoms with E-state index in [1.54, 1.807) is 6.92 Å². The summed E-state index contributed by atoms with van der Waals surface area (Å²) in [5.41, 5.74) is 3.90. The molecule has 3 aromatic carbocycles. The fourth-order valence-corrected chi connectivity index (χ4v) is 4.34. The molecule has 4 rings (SSSR count). The van der Waals surface area contributed by atoms with Crippen molar-refractivity contribution in [2.24, 2.45) is 5.41 Å². The van der Waals surface area contributed by atoms with Gasteiger partial charge in [-0.15, -0.1) is 0 Å². The van der Waals surface area contributed by atoms with Gasteiger partial charge in [0.2, 0.25) is 0 Å². The average molecular weight is 499 g/mol. The predicted octanol–water partition coefficient (Wildman–Crippen LogP) is 8.44. The van der Waals surface area contributed by atoms with Gasteiger partial charge in [-0.1, -0.05) is 49.4 Å². The molecule has 0 aliphatic heterocycles. The highest BCUT2D eigenvalue weighted by molar-refractivity contribution is 5.81. The Morgan fingerprint density at radius 2 is 1.73 bits per heavy atom. The Morgan fingerprint density at radius 1 is 0.946 bits per heavy atom. The molecule has 0 saturated heterocycles. The van der Waals surface area contributed by atoms with E-state index in [1.165, 1.54) is 5.56 Å². The van der Waals surface area contributed by atoms with Gasteiger partial charge >= 0.3 is 0 Å². The number of rotatable bonds is 12. The van der Waals surface area contributed by atoms with Gasteiger partial charge in [0, 0.05) is 17.4 Å². The summed E-state index contributed by atoms with van der Waals surface area (Å²) in [6.45, 7) is 10.6. The van der Waals surface area contributed by atoms with E-state index in [1.807, 2.05) is 50.2 Å². The van der Waals surface area contributed by atoms with Crippen LogP contribution in [0.5, 0.6) is 11.5 Å². The lowest BCUT2D eigenvalue weighted by Gasteiger charge is -2.22. The van der Waals surface area contributed by atoms with E-state index in [2.05, 4.69) is 50.2 Å². The van der Waals surface area contributed by atoms with Crippen LogP contribution in [0, 0.1) is 12.3 Å². The summed E-state index contributed by atoms with van der Waals surface area (Å²) in [4.78, 5) is 11.8. The lowest BCUT2D eigenvalue weighted by Crippen LogP contribution is -2.29. The topological polar surface area (TPSA) is 48.7 Å². The van der Waals surface area contributed by atoms with Crippen molar-refractivity contribution < 1.29 is 18.7 Å². The molecule has 0 N–H and O–H groups in total. The maximum Gasteiger partial charge on any atom is 0.138 e. The molecule has 0 aliphatic carbocycles. The number of hydrogen-bond donors (Lipinski definition) is 0. The number of carbonyl (C=O) groups is 1. The average Bonchev–Trinajstić information content (AvgIpc) is 3.31. The summed E-state index contributed by atoms with van der Waals surface area (Å²) < 4.78 is 18.3. The Bertz CT molecular complexity index is 1330. The van der Waals surface area contributed by atoms with Gasteiger partial charge in [-0.05, 0) is 87.9 Å². The minimum Gasteiger partial charge on any atom is -0.492 e. The molecule has 194 valence electrons. The van der Waals surface area contributed by atoms with Gasteiger partial charge in [0.15, 0.2) is 0 Å². The summed E-state index contributed by atoms with van der Waals surface area (Å²) in [6.07, 6.45) is 2.98. The first-order chi connectivity index (χ1) is 17.7. The minimum atomic E-state index is -0.485. The van der Waals surface area contributed by atoms with E-state index in [4.69, 9.17) is 13.9 Å². The minimum absolute atomic E-state index is 0.133. The first kappa shape index (κ1) is 26.5. The fraction of sp³-hybridized carbons (Fsp3) is 0.364. The van der Waals surface area contributed by atoms with Crippen LogP contribution in [-0.4, -0.2) is 12.4 Å². The molecular weight excluding hydrogens is 460 g/mol. The van der Waals surface area contributed by atoms with E-state index < -0.39 is 5.41 Å². The van der Waals surface area contributed by atoms with Crippen molar-refractivity contribution in [3.05, 3.63) is 95.2 Å². The SMILES string of the molecule is CCC(CCc1ccc(OCC(C)(C)C(C)=O)c(C)c1)c1cc2ccc(OCc3ccccc3)cc2o1. The zero-order chi connectivity index (χ0) is 26.4. The number of furan rings is 1. The molecule has 0 aliphatic rings. The number of carbonyl (C=O) groups excluding carboxylic acids is 1. The second-order valence-corrected chi connectivity index (χ2v) is 10.6. The van der Waals surface area contributed by atoms with Crippen LogP contribution in [-0.2, 0) is 17.8 Å². The number of ketones is 1. The third-order valence-electron chi connectivity index (χ3n) is 7.22. The van der Waals surface area contributed by atoms with Gasteiger partial charge in [0.05, 0.1) is 5.41 Å². The van der Waals surface area contributed by atoms with Gasteiger partial charge in [0.25, 0.3) is 0 Å². The predicted molar refractivity (Wildman–Crippen MR) is 149 cm³/mol. The van der Waals surface area contributed by atoms with E-state index in [-0.39, 0.29) is 5.78 Å². The summed E-state index contributed by atoms with van der Waals surface area (Å²) in [5, 5.41) is 1.10. The molecule has 4 heteroatoms. The molecule has 0 amide bonds. The molecule has 1 unspecified atom stereocenters. The molecule has 0 bridgehead atoms. The van der Waals surface area contributed by atoms with Gasteiger partial charge in [0.1, 0.15) is 41.8 Å². The molecule has 0 radical (unpaired) electrons. The maximum atomic E-state index is 11.8. The van der Waals surface area contributed by atoms with Crippen LogP contribution in [0.4, 0.5) is 0 Å². The van der Waals surface area contributed by atoms with Gasteiger partial charge in [-0.25, -0.2) is 0 Å². The van der Waals surface area contributed by atoms with Crippen LogP contribution < -0.4 is 9.47 Å². The van der Waals surface area contributed by atoms with Crippen LogP contribution in [0.25, 0.3) is 11.0 Å². The van der Waals surface area contributed by atoms with E-state index in [0.717, 1.165) is 58.6 Å². The second kappa shape index (κ2) is 11.7. The Labute approximate surface area is 220 Å². The number of fused-ring (bicyclic) bond motifs is 1. The second-order valence-electron chi connectivity index (χ2n) is 10.6. The molecule has 37 heavy (non-hydrogen) atoms. The van der Waals surface area contributed by atoms with Crippen molar-refractivity contribution in [3.63, 3.8) is 0 Å². The molecular formula is C33H38O4. The highest BCUT2D eigenvalue weighted by Gasteiger charge is 2.25. The normalized spacial score (nSPS) is 12.5. The summed E-state index contributed by atoms with van der Waals surface area (Å²) >= 11 is 0. The Kier molecular flexibility index (Phi) is 8.38. The molecule has 1 heterocycles. The summed E-state index contributed by atoms with van der Waals surface area (Å²) in [6, 6.07) is 24.8. The lowest BCUT2D eigenvalue weighted by molar-refractivity contribution is -0.126. The first-order valence-corrected chi connectivity index (χ1v) is 13.2. The Morgan fingerprint density at radius 3 is 2.43 bits per heavy atom. The van der Waals surface area contributed by atoms with Crippen LogP contribution in [0.15, 0.2) is 77.2 Å². The van der Waals surface area contributed by atoms with Gasteiger partial charge < -0.3 is 13.9 Å². The van der Waals surface area contributed by atoms with Gasteiger partial charge in [-0.3, -0.25) is 4.79 Å². The number of benzene rings is 3. The van der Waals surface area contributed by atoms with Crippen molar-refractivity contribution in [3.8, 4) is 11.5 Å². The summed E-state index contributed by atoms with van der Waals surface area (Å²) in [5.74, 6) is 3.16.